The molecular formula is C20H21NO5. The zero-order valence-corrected chi connectivity index (χ0v) is 15.0. The van der Waals surface area contributed by atoms with Crippen LogP contribution in [0.5, 0.6) is 17.2 Å². The van der Waals surface area contributed by atoms with Crippen LogP contribution in [0.15, 0.2) is 41.6 Å². The lowest BCUT2D eigenvalue weighted by Crippen LogP contribution is -2.23. The minimum absolute atomic E-state index is 0.0935. The molecule has 3 rings (SSSR count). The topological polar surface area (TPSA) is 77.4 Å². The van der Waals surface area contributed by atoms with E-state index in [1.807, 2.05) is 19.1 Å². The summed E-state index contributed by atoms with van der Waals surface area (Å²) >= 11 is 0. The lowest BCUT2D eigenvalue weighted by molar-refractivity contribution is -0.128. The van der Waals surface area contributed by atoms with Gasteiger partial charge in [-0.1, -0.05) is 28.9 Å². The van der Waals surface area contributed by atoms with E-state index in [0.717, 1.165) is 11.1 Å². The van der Waals surface area contributed by atoms with Crippen LogP contribution in [0.3, 0.4) is 0 Å². The van der Waals surface area contributed by atoms with E-state index in [1.54, 1.807) is 38.5 Å². The number of para-hydroxylation sites is 1. The number of rotatable bonds is 6. The maximum Gasteiger partial charge on any atom is 0.191 e. The van der Waals surface area contributed by atoms with Gasteiger partial charge in [-0.15, -0.1) is 0 Å². The molecule has 0 aliphatic carbocycles. The first-order valence-corrected chi connectivity index (χ1v) is 8.28. The molecule has 136 valence electrons. The number of aromatic hydroxyl groups is 1. The van der Waals surface area contributed by atoms with Gasteiger partial charge < -0.3 is 19.4 Å². The summed E-state index contributed by atoms with van der Waals surface area (Å²) in [6.45, 7) is 1.91. The zero-order chi connectivity index (χ0) is 18.7. The summed E-state index contributed by atoms with van der Waals surface area (Å²) in [4.78, 5) is 17.9. The lowest BCUT2D eigenvalue weighted by atomic mass is 9.97. The van der Waals surface area contributed by atoms with Crippen molar-refractivity contribution >= 4 is 11.5 Å². The van der Waals surface area contributed by atoms with Crippen molar-refractivity contribution in [3.63, 3.8) is 0 Å². The number of nitrogens with zero attached hydrogens (tertiary/aromatic N) is 1. The number of phenols is 1. The summed E-state index contributed by atoms with van der Waals surface area (Å²) in [5.74, 6) is 1.12. The van der Waals surface area contributed by atoms with E-state index < -0.39 is 6.10 Å². The fourth-order valence-electron chi connectivity index (χ4n) is 2.98. The third kappa shape index (κ3) is 3.49. The van der Waals surface area contributed by atoms with Gasteiger partial charge >= 0.3 is 0 Å². The molecule has 1 N–H and O–H groups in total. The Bertz CT molecular complexity index is 859. The highest BCUT2D eigenvalue weighted by molar-refractivity contribution is 6.06. The second-order valence-electron chi connectivity index (χ2n) is 6.15. The molecule has 1 heterocycles. The molecule has 1 aliphatic heterocycles. The van der Waals surface area contributed by atoms with E-state index >= 15 is 0 Å². The van der Waals surface area contributed by atoms with Crippen molar-refractivity contribution in [1.82, 2.24) is 0 Å². The van der Waals surface area contributed by atoms with Crippen LogP contribution in [0, 0.1) is 6.92 Å². The van der Waals surface area contributed by atoms with E-state index in [0.29, 0.717) is 29.2 Å². The Labute approximate surface area is 152 Å². The van der Waals surface area contributed by atoms with Crippen LogP contribution in [0.4, 0.5) is 0 Å². The molecular weight excluding hydrogens is 334 g/mol. The molecule has 0 aromatic heterocycles. The molecule has 6 heteroatoms. The molecule has 1 aliphatic rings. The van der Waals surface area contributed by atoms with Gasteiger partial charge in [0.2, 0.25) is 0 Å². The molecule has 6 nitrogen and oxygen atoms in total. The van der Waals surface area contributed by atoms with E-state index in [9.17, 15) is 9.90 Å². The zero-order valence-electron chi connectivity index (χ0n) is 15.0. The Morgan fingerprint density at radius 1 is 1.27 bits per heavy atom. The van der Waals surface area contributed by atoms with Crippen molar-refractivity contribution < 1.29 is 24.2 Å². The number of benzene rings is 2. The largest absolute Gasteiger partial charge is 0.508 e. The number of Topliss-reactive ketones (excluding diaryl/α,β-unsaturated/α-hetero) is 1. The fraction of sp³-hybridized carbons (Fsp3) is 0.300. The Kier molecular flexibility index (Phi) is 5.11. The van der Waals surface area contributed by atoms with Crippen LogP contribution in [0.1, 0.15) is 23.1 Å². The highest BCUT2D eigenvalue weighted by Gasteiger charge is 2.31. The van der Waals surface area contributed by atoms with Gasteiger partial charge in [0.15, 0.2) is 23.4 Å². The number of methoxy groups -OCH3 is 2. The van der Waals surface area contributed by atoms with Gasteiger partial charge in [0.05, 0.1) is 19.9 Å². The number of ether oxygens (including phenoxy) is 2. The molecule has 0 fully saturated rings. The summed E-state index contributed by atoms with van der Waals surface area (Å²) in [6, 6.07) is 10.7. The van der Waals surface area contributed by atoms with Gasteiger partial charge in [-0.3, -0.25) is 4.79 Å². The summed E-state index contributed by atoms with van der Waals surface area (Å²) in [7, 11) is 3.12. The van der Waals surface area contributed by atoms with Crippen molar-refractivity contribution in [3.8, 4) is 17.2 Å². The fourth-order valence-corrected chi connectivity index (χ4v) is 2.98. The van der Waals surface area contributed by atoms with Gasteiger partial charge in [-0.05, 0) is 25.1 Å². The Morgan fingerprint density at radius 3 is 2.81 bits per heavy atom. The summed E-state index contributed by atoms with van der Waals surface area (Å²) < 4.78 is 10.7. The number of carbonyl (C=O) groups excluding carboxylic acids is 1. The molecule has 0 spiro atoms. The quantitative estimate of drug-likeness (QED) is 0.862. The van der Waals surface area contributed by atoms with Crippen LogP contribution in [-0.4, -0.2) is 36.9 Å². The SMILES string of the molecule is COc1cccc(C2=NOC(C(=O)Cc3cc(C)ccc3O)C2)c1OC. The average Bonchev–Trinajstić information content (AvgIpc) is 3.14. The number of phenolic OH excluding ortho intramolecular Hbond substituents is 1. The molecule has 2 aromatic carbocycles. The third-order valence-corrected chi connectivity index (χ3v) is 4.34. The van der Waals surface area contributed by atoms with Gasteiger partial charge in [0.25, 0.3) is 0 Å². The van der Waals surface area contributed by atoms with Crippen LogP contribution >= 0.6 is 0 Å². The maximum atomic E-state index is 12.6. The molecule has 0 radical (unpaired) electrons. The molecule has 1 atom stereocenters. The minimum Gasteiger partial charge on any atom is -0.508 e. The van der Waals surface area contributed by atoms with Gasteiger partial charge in [0, 0.05) is 24.0 Å². The highest BCUT2D eigenvalue weighted by atomic mass is 16.6. The highest BCUT2D eigenvalue weighted by Crippen LogP contribution is 2.33. The van der Waals surface area contributed by atoms with Crippen molar-refractivity contribution in [2.45, 2.75) is 25.9 Å². The van der Waals surface area contributed by atoms with E-state index in [4.69, 9.17) is 14.3 Å². The molecule has 0 amide bonds. The first-order chi connectivity index (χ1) is 12.5. The van der Waals surface area contributed by atoms with Gasteiger partial charge in [0.1, 0.15) is 5.75 Å². The van der Waals surface area contributed by atoms with Crippen LogP contribution in [0.25, 0.3) is 0 Å². The predicted octanol–water partition coefficient (Wildman–Crippen LogP) is 3.02. The normalized spacial score (nSPS) is 16.0. The molecule has 1 unspecified atom stereocenters. The average molecular weight is 355 g/mol. The first kappa shape index (κ1) is 17.8. The number of carbonyl (C=O) groups is 1. The number of aryl methyl sites for hydroxylation is 1. The number of oxime groups is 1. The molecule has 2 aromatic rings. The smallest absolute Gasteiger partial charge is 0.191 e. The van der Waals surface area contributed by atoms with Crippen molar-refractivity contribution in [1.29, 1.82) is 0 Å². The molecule has 26 heavy (non-hydrogen) atoms. The van der Waals surface area contributed by atoms with Crippen molar-refractivity contribution in [2.24, 2.45) is 5.16 Å². The number of hydrogen-bond donors (Lipinski definition) is 1. The first-order valence-electron chi connectivity index (χ1n) is 8.28. The van der Waals surface area contributed by atoms with Crippen molar-refractivity contribution in [2.75, 3.05) is 14.2 Å². The van der Waals surface area contributed by atoms with Crippen molar-refractivity contribution in [3.05, 3.63) is 53.1 Å². The van der Waals surface area contributed by atoms with E-state index in [-0.39, 0.29) is 18.0 Å². The minimum atomic E-state index is -0.680. The van der Waals surface area contributed by atoms with Gasteiger partial charge in [-0.25, -0.2) is 0 Å². The summed E-state index contributed by atoms with van der Waals surface area (Å²) in [6.07, 6.45) is -0.244. The van der Waals surface area contributed by atoms with E-state index in [1.165, 1.54) is 0 Å². The predicted molar refractivity (Wildman–Crippen MR) is 97.1 cm³/mol. The molecule has 0 saturated carbocycles. The standard InChI is InChI=1S/C20H21NO5/c1-12-7-8-16(22)13(9-12)10-17(23)19-11-15(21-26-19)14-5-4-6-18(24-2)20(14)25-3/h4-9,19,22H,10-11H2,1-3H3. The monoisotopic (exact) mass is 355 g/mol. The van der Waals surface area contributed by atoms with Crippen LogP contribution in [0.2, 0.25) is 0 Å². The second kappa shape index (κ2) is 7.47. The Hall–Kier alpha value is -3.02. The van der Waals surface area contributed by atoms with Crippen LogP contribution < -0.4 is 9.47 Å². The molecule has 0 saturated heterocycles. The Balaban J connectivity index is 1.74. The number of ketones is 1. The second-order valence-corrected chi connectivity index (χ2v) is 6.15. The third-order valence-electron chi connectivity index (χ3n) is 4.34. The maximum absolute atomic E-state index is 12.6. The summed E-state index contributed by atoms with van der Waals surface area (Å²) in [5, 5.41) is 14.0. The number of hydrogen-bond acceptors (Lipinski definition) is 6. The van der Waals surface area contributed by atoms with E-state index in [2.05, 4.69) is 5.16 Å². The Morgan fingerprint density at radius 2 is 2.08 bits per heavy atom. The molecule has 0 bridgehead atoms. The van der Waals surface area contributed by atoms with Gasteiger partial charge in [-0.2, -0.15) is 0 Å². The lowest BCUT2D eigenvalue weighted by Gasteiger charge is -2.12. The van der Waals surface area contributed by atoms with Crippen LogP contribution in [-0.2, 0) is 16.1 Å². The summed E-state index contributed by atoms with van der Waals surface area (Å²) in [5.41, 5.74) is 2.94.